The monoisotopic (exact) mass is 646 g/mol. The van der Waals surface area contributed by atoms with E-state index in [1.165, 1.54) is 12.4 Å². The van der Waals surface area contributed by atoms with Gasteiger partial charge in [0.25, 0.3) is 6.02 Å². The molecule has 2 aliphatic rings. The molecule has 0 bridgehead atoms. The summed E-state index contributed by atoms with van der Waals surface area (Å²) in [7, 11) is 0. The molecule has 3 aromatic rings. The quantitative estimate of drug-likeness (QED) is 0.203. The predicted octanol–water partition coefficient (Wildman–Crippen LogP) is 3.64. The minimum Gasteiger partial charge on any atom is -0.807 e. The number of piperidine rings is 1. The Morgan fingerprint density at radius 3 is 2.51 bits per heavy atom. The molecule has 37 heavy (non-hydrogen) atoms. The number of benzene rings is 1. The van der Waals surface area contributed by atoms with Crippen LogP contribution in [0.15, 0.2) is 57.9 Å². The van der Waals surface area contributed by atoms with E-state index in [1.54, 1.807) is 18.3 Å². The summed E-state index contributed by atoms with van der Waals surface area (Å²) in [5.74, 6) is 0.149. The van der Waals surface area contributed by atoms with Crippen molar-refractivity contribution in [2.75, 3.05) is 13.1 Å². The van der Waals surface area contributed by atoms with E-state index in [0.717, 1.165) is 71.9 Å². The highest BCUT2D eigenvalue weighted by Crippen LogP contribution is 2.45. The molecule has 2 aromatic heterocycles. The predicted molar refractivity (Wildman–Crippen MR) is 144 cm³/mol. The zero-order valence-electron chi connectivity index (χ0n) is 19.9. The van der Waals surface area contributed by atoms with Gasteiger partial charge in [0.05, 0.1) is 34.2 Å². The highest BCUT2D eigenvalue weighted by molar-refractivity contribution is 9.10. The average molecular weight is 649 g/mol. The summed E-state index contributed by atoms with van der Waals surface area (Å²) in [6.45, 7) is 1.24. The number of fused-ring (bicyclic) bond motifs is 2. The topological polar surface area (TPSA) is 98.0 Å². The number of aromatic nitrogens is 2. The highest BCUT2D eigenvalue weighted by atomic mass is 79.9. The first kappa shape index (κ1) is 26.1. The molecule has 0 radical (unpaired) electrons. The van der Waals surface area contributed by atoms with Gasteiger partial charge in [-0.1, -0.05) is 17.7 Å². The smallest absolute Gasteiger partial charge is 0.265 e. The summed E-state index contributed by atoms with van der Waals surface area (Å²) >= 11 is 13.6. The van der Waals surface area contributed by atoms with Crippen molar-refractivity contribution < 1.29 is 19.2 Å². The summed E-state index contributed by atoms with van der Waals surface area (Å²) < 4.78 is 3.84. The number of carbonyl (C=O) groups is 1. The van der Waals surface area contributed by atoms with Crippen LogP contribution in [0.4, 0.5) is 0 Å². The summed E-state index contributed by atoms with van der Waals surface area (Å²) in [6, 6.07) is 8.59. The Morgan fingerprint density at radius 1 is 1.14 bits per heavy atom. The minimum absolute atomic E-state index is 0.0346. The van der Waals surface area contributed by atoms with E-state index >= 15 is 0 Å². The third kappa shape index (κ3) is 5.26. The average Bonchev–Trinajstić information content (AvgIpc) is 3.04. The number of likely N-dealkylation sites (tertiary alicyclic amines) is 1. The van der Waals surface area contributed by atoms with Crippen LogP contribution in [0.5, 0.6) is 0 Å². The molecular formula is C27H25Br2ClN4O3. The van der Waals surface area contributed by atoms with E-state index < -0.39 is 6.02 Å². The molecule has 1 aliphatic carbocycles. The van der Waals surface area contributed by atoms with E-state index in [-0.39, 0.29) is 24.2 Å². The van der Waals surface area contributed by atoms with Crippen LogP contribution in [0.1, 0.15) is 46.7 Å². The second-order valence-corrected chi connectivity index (χ2v) is 11.7. The fourth-order valence-electron chi connectivity index (χ4n) is 5.65. The summed E-state index contributed by atoms with van der Waals surface area (Å²) in [4.78, 5) is 14.9. The number of carbonyl (C=O) groups excluding carboxylic acids is 1. The molecule has 1 fully saturated rings. The van der Waals surface area contributed by atoms with Crippen LogP contribution in [0.25, 0.3) is 0 Å². The van der Waals surface area contributed by atoms with Crippen LogP contribution in [0, 0.1) is 16.5 Å². The first-order chi connectivity index (χ1) is 17.7. The molecule has 0 saturated carbocycles. The summed E-state index contributed by atoms with van der Waals surface area (Å²) in [5.41, 5.74) is 4.92. The van der Waals surface area contributed by atoms with Gasteiger partial charge in [-0.05, 0) is 104 Å². The van der Waals surface area contributed by atoms with Crippen molar-refractivity contribution in [1.29, 1.82) is 5.41 Å². The molecule has 7 nitrogen and oxygen atoms in total. The normalized spacial score (nSPS) is 17.6. The second kappa shape index (κ2) is 10.7. The van der Waals surface area contributed by atoms with Crippen LogP contribution in [0.3, 0.4) is 0 Å². The van der Waals surface area contributed by atoms with Crippen molar-refractivity contribution in [3.05, 3.63) is 96.0 Å². The second-order valence-electron chi connectivity index (χ2n) is 9.62. The minimum atomic E-state index is -0.817. The van der Waals surface area contributed by atoms with Crippen molar-refractivity contribution in [3.63, 3.8) is 0 Å². The van der Waals surface area contributed by atoms with Crippen LogP contribution in [-0.4, -0.2) is 29.9 Å². The summed E-state index contributed by atoms with van der Waals surface area (Å²) in [6.07, 6.45) is 7.95. The van der Waals surface area contributed by atoms with Crippen molar-refractivity contribution in [2.24, 2.45) is 5.92 Å². The van der Waals surface area contributed by atoms with Gasteiger partial charge in [-0.2, -0.15) is 4.73 Å². The van der Waals surface area contributed by atoms with Crippen molar-refractivity contribution in [1.82, 2.24) is 4.90 Å². The maximum atomic E-state index is 13.2. The lowest BCUT2D eigenvalue weighted by Gasteiger charge is -2.36. The van der Waals surface area contributed by atoms with Crippen LogP contribution < -0.4 is 14.4 Å². The molecule has 1 saturated heterocycles. The maximum Gasteiger partial charge on any atom is 0.265 e. The molecule has 1 aliphatic heterocycles. The summed E-state index contributed by atoms with van der Waals surface area (Å²) in [5, 5.41) is 32.2. The van der Waals surface area contributed by atoms with Crippen molar-refractivity contribution >= 4 is 55.4 Å². The molecule has 1 amide bonds. The SMILES string of the molecule is N=C([O-])[n+]1ccc(CC(=O)N2CCC([C@@H]3c4ccc(Cl)c(Br)c4CCc4cc(Br)c[n+]([O-])c43)CC2)cc1. The molecule has 1 N–H and O–H groups in total. The van der Waals surface area contributed by atoms with Gasteiger partial charge >= 0.3 is 0 Å². The van der Waals surface area contributed by atoms with Crippen molar-refractivity contribution in [3.8, 4) is 0 Å². The molecule has 0 spiro atoms. The molecule has 3 heterocycles. The number of aryl methyl sites for hydroxylation is 1. The van der Waals surface area contributed by atoms with E-state index in [9.17, 15) is 15.1 Å². The number of pyridine rings is 2. The Labute approximate surface area is 237 Å². The lowest BCUT2D eigenvalue weighted by Crippen LogP contribution is -2.49. The Morgan fingerprint density at radius 2 is 1.84 bits per heavy atom. The van der Waals surface area contributed by atoms with Gasteiger partial charge in [-0.3, -0.25) is 4.79 Å². The number of nitrogens with one attached hydrogen (secondary N) is 1. The van der Waals surface area contributed by atoms with Gasteiger partial charge in [-0.15, -0.1) is 5.41 Å². The first-order valence-corrected chi connectivity index (χ1v) is 14.1. The Hall–Kier alpha value is -2.49. The standard InChI is InChI=1S/C27H25Br2ClN4O3/c28-19-14-18-1-2-21-20(3-4-22(30)25(21)29)24(26(18)34(37)15-19)17-7-11-32(12-8-17)23(35)13-16-5-9-33(10-6-16)27(31)36/h3-6,9-10,14-15,17,24H,1-2,7-8,11-13H2,(H-,31,36)/t24-/m1/s1. The number of nitrogens with zero attached hydrogens (tertiary/aromatic N) is 3. The molecule has 1 atom stereocenters. The number of hydrogen-bond donors (Lipinski definition) is 1. The number of halogens is 3. The zero-order chi connectivity index (χ0) is 26.3. The third-order valence-electron chi connectivity index (χ3n) is 7.48. The first-order valence-electron chi connectivity index (χ1n) is 12.1. The number of hydrogen-bond acceptors (Lipinski definition) is 4. The van der Waals surface area contributed by atoms with Crippen LogP contribution in [-0.2, 0) is 24.1 Å². The fourth-order valence-corrected chi connectivity index (χ4v) is 6.85. The van der Waals surface area contributed by atoms with E-state index in [2.05, 4.69) is 44.0 Å². The highest BCUT2D eigenvalue weighted by Gasteiger charge is 2.39. The lowest BCUT2D eigenvalue weighted by molar-refractivity contribution is -0.616. The zero-order valence-corrected chi connectivity index (χ0v) is 23.9. The van der Waals surface area contributed by atoms with Gasteiger partial charge < -0.3 is 15.2 Å². The lowest BCUT2D eigenvalue weighted by atomic mass is 9.76. The largest absolute Gasteiger partial charge is 0.807 e. The molecule has 5 rings (SSSR count). The van der Waals surface area contributed by atoms with Gasteiger partial charge in [0.2, 0.25) is 11.6 Å². The van der Waals surface area contributed by atoms with Gasteiger partial charge in [0, 0.05) is 23.1 Å². The molecule has 1 aromatic carbocycles. The van der Waals surface area contributed by atoms with Crippen LogP contribution in [0.2, 0.25) is 5.02 Å². The number of rotatable bonds is 3. The van der Waals surface area contributed by atoms with Gasteiger partial charge in [0.15, 0.2) is 6.20 Å². The molecule has 192 valence electrons. The fraction of sp³-hybridized carbons (Fsp3) is 0.333. The van der Waals surface area contributed by atoms with Gasteiger partial charge in [-0.25, -0.2) is 4.57 Å². The van der Waals surface area contributed by atoms with Crippen LogP contribution >= 0.6 is 43.5 Å². The van der Waals surface area contributed by atoms with E-state index in [1.807, 2.05) is 11.0 Å². The molecular weight excluding hydrogens is 624 g/mol. The molecule has 10 heteroatoms. The van der Waals surface area contributed by atoms with E-state index in [4.69, 9.17) is 17.0 Å². The Bertz CT molecular complexity index is 1380. The Kier molecular flexibility index (Phi) is 7.56. The van der Waals surface area contributed by atoms with Gasteiger partial charge in [0.1, 0.15) is 0 Å². The van der Waals surface area contributed by atoms with Crippen molar-refractivity contribution in [2.45, 2.75) is 38.0 Å². The Balaban J connectivity index is 1.38. The maximum absolute atomic E-state index is 13.2. The number of amides is 1. The third-order valence-corrected chi connectivity index (χ3v) is 9.36. The molecule has 0 unspecified atom stereocenters. The van der Waals surface area contributed by atoms with E-state index in [0.29, 0.717) is 18.1 Å².